The fourth-order valence-corrected chi connectivity index (χ4v) is 2.08. The van der Waals surface area contributed by atoms with Crippen LogP contribution in [-0.2, 0) is 0 Å². The molecule has 1 atom stereocenters. The highest BCUT2D eigenvalue weighted by Gasteiger charge is 2.14. The number of rotatable bonds is 6. The minimum atomic E-state index is -0.808. The van der Waals surface area contributed by atoms with Gasteiger partial charge in [0.15, 0.2) is 0 Å². The first kappa shape index (κ1) is 15.3. The number of aliphatic hydroxyl groups is 1. The maximum Gasteiger partial charge on any atom is 0.125 e. The zero-order chi connectivity index (χ0) is 15.2. The predicted octanol–water partition coefficient (Wildman–Crippen LogP) is 3.65. The summed E-state index contributed by atoms with van der Waals surface area (Å²) in [6, 6.07) is 11.6. The average Bonchev–Trinajstić information content (AvgIpc) is 2.47. The van der Waals surface area contributed by atoms with Gasteiger partial charge in [-0.25, -0.2) is 4.39 Å². The van der Waals surface area contributed by atoms with Crippen molar-refractivity contribution < 1.29 is 19.0 Å². The number of halogens is 1. The molecule has 0 heterocycles. The van der Waals surface area contributed by atoms with E-state index in [9.17, 15) is 9.50 Å². The molecule has 0 saturated heterocycles. The van der Waals surface area contributed by atoms with Crippen LogP contribution in [0.25, 0.3) is 0 Å². The molecule has 0 aromatic heterocycles. The number of hydrogen-bond acceptors (Lipinski definition) is 3. The van der Waals surface area contributed by atoms with Crippen LogP contribution >= 0.6 is 0 Å². The molecule has 0 radical (unpaired) electrons. The molecule has 1 unspecified atom stereocenters. The van der Waals surface area contributed by atoms with Crippen LogP contribution in [0.15, 0.2) is 42.5 Å². The van der Waals surface area contributed by atoms with Crippen molar-refractivity contribution in [3.63, 3.8) is 0 Å². The highest BCUT2D eigenvalue weighted by Crippen LogP contribution is 2.26. The van der Waals surface area contributed by atoms with Crippen LogP contribution in [0.2, 0.25) is 0 Å². The molecule has 0 saturated carbocycles. The molecule has 0 amide bonds. The Morgan fingerprint density at radius 1 is 1.10 bits per heavy atom. The van der Waals surface area contributed by atoms with E-state index in [1.54, 1.807) is 19.1 Å². The van der Waals surface area contributed by atoms with Crippen LogP contribution in [0.5, 0.6) is 11.5 Å². The molecule has 0 aliphatic carbocycles. The van der Waals surface area contributed by atoms with Crippen molar-refractivity contribution in [3.05, 3.63) is 59.4 Å². The van der Waals surface area contributed by atoms with Gasteiger partial charge in [-0.3, -0.25) is 0 Å². The van der Waals surface area contributed by atoms with E-state index in [2.05, 4.69) is 0 Å². The standard InChI is InChI=1S/C17H19FO3/c1-3-20-17-7-5-4-6-14(17)15(19)11-21-16-9-8-13(18)10-12(16)2/h4-10,15,19H,3,11H2,1-2H3. The van der Waals surface area contributed by atoms with Gasteiger partial charge in [-0.2, -0.15) is 0 Å². The molecule has 2 aromatic rings. The lowest BCUT2D eigenvalue weighted by Crippen LogP contribution is -2.12. The van der Waals surface area contributed by atoms with Gasteiger partial charge in [-0.15, -0.1) is 0 Å². The molecule has 1 N–H and O–H groups in total. The third-order valence-electron chi connectivity index (χ3n) is 3.11. The topological polar surface area (TPSA) is 38.7 Å². The summed E-state index contributed by atoms with van der Waals surface area (Å²) >= 11 is 0. The molecule has 2 aromatic carbocycles. The number of aliphatic hydroxyl groups excluding tert-OH is 1. The van der Waals surface area contributed by atoms with Crippen LogP contribution < -0.4 is 9.47 Å². The Morgan fingerprint density at radius 3 is 2.57 bits per heavy atom. The lowest BCUT2D eigenvalue weighted by Gasteiger charge is -2.17. The van der Waals surface area contributed by atoms with Gasteiger partial charge in [-0.05, 0) is 43.7 Å². The minimum Gasteiger partial charge on any atom is -0.493 e. The third-order valence-corrected chi connectivity index (χ3v) is 3.11. The van der Waals surface area contributed by atoms with E-state index in [1.165, 1.54) is 12.1 Å². The zero-order valence-corrected chi connectivity index (χ0v) is 12.2. The summed E-state index contributed by atoms with van der Waals surface area (Å²) in [7, 11) is 0. The molecule has 2 rings (SSSR count). The van der Waals surface area contributed by atoms with E-state index in [-0.39, 0.29) is 12.4 Å². The molecule has 3 nitrogen and oxygen atoms in total. The van der Waals surface area contributed by atoms with Gasteiger partial charge >= 0.3 is 0 Å². The van der Waals surface area contributed by atoms with Crippen molar-refractivity contribution in [2.24, 2.45) is 0 Å². The van der Waals surface area contributed by atoms with E-state index in [0.29, 0.717) is 29.2 Å². The first-order chi connectivity index (χ1) is 10.1. The molecule has 0 bridgehead atoms. The second-order valence-corrected chi connectivity index (χ2v) is 4.71. The van der Waals surface area contributed by atoms with Crippen molar-refractivity contribution >= 4 is 0 Å². The van der Waals surface area contributed by atoms with Crippen LogP contribution in [0.3, 0.4) is 0 Å². The average molecular weight is 290 g/mol. The van der Waals surface area contributed by atoms with E-state index in [0.717, 1.165) is 0 Å². The lowest BCUT2D eigenvalue weighted by molar-refractivity contribution is 0.104. The summed E-state index contributed by atoms with van der Waals surface area (Å²) in [4.78, 5) is 0. The largest absolute Gasteiger partial charge is 0.493 e. The van der Waals surface area contributed by atoms with Crippen molar-refractivity contribution in [1.82, 2.24) is 0 Å². The highest BCUT2D eigenvalue weighted by molar-refractivity contribution is 5.36. The molecule has 4 heteroatoms. The minimum absolute atomic E-state index is 0.0799. The number of aryl methyl sites for hydroxylation is 1. The van der Waals surface area contributed by atoms with E-state index in [4.69, 9.17) is 9.47 Å². The first-order valence-electron chi connectivity index (χ1n) is 6.90. The monoisotopic (exact) mass is 290 g/mol. The van der Waals surface area contributed by atoms with Crippen molar-refractivity contribution in [1.29, 1.82) is 0 Å². The number of ether oxygens (including phenoxy) is 2. The van der Waals surface area contributed by atoms with E-state index in [1.807, 2.05) is 25.1 Å². The number of hydrogen-bond donors (Lipinski definition) is 1. The summed E-state index contributed by atoms with van der Waals surface area (Å²) in [6.07, 6.45) is -0.808. The van der Waals surface area contributed by atoms with Gasteiger partial charge in [0.2, 0.25) is 0 Å². The third kappa shape index (κ3) is 3.95. The smallest absolute Gasteiger partial charge is 0.125 e. The Bertz CT molecular complexity index is 598. The normalized spacial score (nSPS) is 12.0. The van der Waals surface area contributed by atoms with Crippen LogP contribution in [0.4, 0.5) is 4.39 Å². The highest BCUT2D eigenvalue weighted by atomic mass is 19.1. The van der Waals surface area contributed by atoms with Gasteiger partial charge in [0.05, 0.1) is 6.61 Å². The van der Waals surface area contributed by atoms with Crippen molar-refractivity contribution in [2.75, 3.05) is 13.2 Å². The fourth-order valence-electron chi connectivity index (χ4n) is 2.08. The molecule has 0 fully saturated rings. The fraction of sp³-hybridized carbons (Fsp3) is 0.294. The molecular weight excluding hydrogens is 271 g/mol. The van der Waals surface area contributed by atoms with Gasteiger partial charge < -0.3 is 14.6 Å². The first-order valence-corrected chi connectivity index (χ1v) is 6.90. The quantitative estimate of drug-likeness (QED) is 0.882. The van der Waals surface area contributed by atoms with Gasteiger partial charge in [-0.1, -0.05) is 18.2 Å². The lowest BCUT2D eigenvalue weighted by atomic mass is 10.1. The van der Waals surface area contributed by atoms with Crippen molar-refractivity contribution in [3.8, 4) is 11.5 Å². The molecular formula is C17H19FO3. The Labute approximate surface area is 124 Å². The Hall–Kier alpha value is -2.07. The summed E-state index contributed by atoms with van der Waals surface area (Å²) in [5.41, 5.74) is 1.37. The Balaban J connectivity index is 2.06. The van der Waals surface area contributed by atoms with Crippen LogP contribution in [-0.4, -0.2) is 18.3 Å². The molecule has 0 aliphatic rings. The van der Waals surface area contributed by atoms with Gasteiger partial charge in [0, 0.05) is 5.56 Å². The molecule has 112 valence electrons. The molecule has 0 spiro atoms. The van der Waals surface area contributed by atoms with Crippen LogP contribution in [0.1, 0.15) is 24.2 Å². The summed E-state index contributed by atoms with van der Waals surface area (Å²) < 4.78 is 24.1. The van der Waals surface area contributed by atoms with Crippen molar-refractivity contribution in [2.45, 2.75) is 20.0 Å². The summed E-state index contributed by atoms with van der Waals surface area (Å²) in [5.74, 6) is 0.901. The maximum atomic E-state index is 13.0. The Kier molecular flexibility index (Phi) is 5.17. The van der Waals surface area contributed by atoms with E-state index < -0.39 is 6.10 Å². The maximum absolute atomic E-state index is 13.0. The second-order valence-electron chi connectivity index (χ2n) is 4.71. The Morgan fingerprint density at radius 2 is 1.86 bits per heavy atom. The summed E-state index contributed by atoms with van der Waals surface area (Å²) in [6.45, 7) is 4.26. The van der Waals surface area contributed by atoms with Gasteiger partial charge in [0.25, 0.3) is 0 Å². The van der Waals surface area contributed by atoms with Gasteiger partial charge in [0.1, 0.15) is 30.0 Å². The molecule has 0 aliphatic heterocycles. The SMILES string of the molecule is CCOc1ccccc1C(O)COc1ccc(F)cc1C. The summed E-state index contributed by atoms with van der Waals surface area (Å²) in [5, 5.41) is 10.3. The van der Waals surface area contributed by atoms with E-state index >= 15 is 0 Å². The second kappa shape index (κ2) is 7.09. The number of para-hydroxylation sites is 1. The number of benzene rings is 2. The van der Waals surface area contributed by atoms with Crippen LogP contribution in [0, 0.1) is 12.7 Å². The zero-order valence-electron chi connectivity index (χ0n) is 12.2. The molecule has 21 heavy (non-hydrogen) atoms. The predicted molar refractivity (Wildman–Crippen MR) is 79.2 cm³/mol.